The zero-order valence-electron chi connectivity index (χ0n) is 26.9. The molecule has 2 fully saturated rings. The SMILES string of the molecule is CC1(C)Cc2nc(C3CCOCC3)c3c(c2C(OSC(C)(C)C)C1)C1(CCCC1I)O[C@@H]3c1ccc(C(C)(C)C)cc1. The molecule has 3 heterocycles. The first kappa shape index (κ1) is 31.3. The number of nitrogens with zero attached hydrogens (tertiary/aromatic N) is 1. The maximum atomic E-state index is 7.51. The number of aromatic nitrogens is 1. The molecule has 230 valence electrons. The number of hydrogen-bond donors (Lipinski definition) is 0. The van der Waals surface area contributed by atoms with E-state index in [2.05, 4.69) is 102 Å². The lowest BCUT2D eigenvalue weighted by Gasteiger charge is -2.41. The molecule has 1 saturated heterocycles. The van der Waals surface area contributed by atoms with Crippen molar-refractivity contribution in [2.45, 2.75) is 138 Å². The first-order chi connectivity index (χ1) is 19.7. The summed E-state index contributed by atoms with van der Waals surface area (Å²) in [7, 11) is 0. The molecule has 0 radical (unpaired) electrons. The Hall–Kier alpha value is -0.670. The van der Waals surface area contributed by atoms with Gasteiger partial charge in [0.05, 0.1) is 11.8 Å². The fourth-order valence-electron chi connectivity index (χ4n) is 7.65. The molecule has 1 spiro atoms. The fourth-order valence-corrected chi connectivity index (χ4v) is 9.43. The van der Waals surface area contributed by atoms with Gasteiger partial charge in [0.1, 0.15) is 11.7 Å². The molecule has 6 heteroatoms. The molecule has 4 nitrogen and oxygen atoms in total. The van der Waals surface area contributed by atoms with Gasteiger partial charge in [-0.05, 0) is 99.7 Å². The van der Waals surface area contributed by atoms with Crippen molar-refractivity contribution in [2.75, 3.05) is 13.2 Å². The van der Waals surface area contributed by atoms with Gasteiger partial charge < -0.3 is 13.7 Å². The van der Waals surface area contributed by atoms with E-state index in [1.807, 2.05) is 0 Å². The summed E-state index contributed by atoms with van der Waals surface area (Å²) in [6.07, 6.45) is 7.38. The van der Waals surface area contributed by atoms with Crippen molar-refractivity contribution in [1.29, 1.82) is 0 Å². The van der Waals surface area contributed by atoms with Crippen LogP contribution in [0.3, 0.4) is 0 Å². The van der Waals surface area contributed by atoms with Gasteiger partial charge in [-0.3, -0.25) is 4.98 Å². The van der Waals surface area contributed by atoms with Crippen LogP contribution < -0.4 is 0 Å². The predicted octanol–water partition coefficient (Wildman–Crippen LogP) is 10.1. The Morgan fingerprint density at radius 2 is 1.67 bits per heavy atom. The van der Waals surface area contributed by atoms with E-state index in [-0.39, 0.29) is 33.4 Å². The zero-order valence-corrected chi connectivity index (χ0v) is 29.9. The zero-order chi connectivity index (χ0) is 30.1. The Balaban J connectivity index is 1.59. The Labute approximate surface area is 272 Å². The second kappa shape index (κ2) is 11.3. The van der Waals surface area contributed by atoms with Gasteiger partial charge in [0, 0.05) is 50.2 Å². The molecule has 0 bridgehead atoms. The summed E-state index contributed by atoms with van der Waals surface area (Å²) in [6.45, 7) is 20.0. The maximum Gasteiger partial charge on any atom is 0.111 e. The van der Waals surface area contributed by atoms with Gasteiger partial charge in [0.2, 0.25) is 0 Å². The summed E-state index contributed by atoms with van der Waals surface area (Å²) < 4.78 is 20.7. The van der Waals surface area contributed by atoms with Crippen LogP contribution >= 0.6 is 34.6 Å². The van der Waals surface area contributed by atoms with E-state index in [0.29, 0.717) is 9.84 Å². The Morgan fingerprint density at radius 1 is 0.976 bits per heavy atom. The maximum absolute atomic E-state index is 7.51. The fraction of sp³-hybridized carbons (Fsp3) is 0.694. The lowest BCUT2D eigenvalue weighted by atomic mass is 9.70. The van der Waals surface area contributed by atoms with Crippen LogP contribution in [0.5, 0.6) is 0 Å². The number of benzene rings is 1. The summed E-state index contributed by atoms with van der Waals surface area (Å²) in [5.41, 5.74) is 9.26. The highest BCUT2D eigenvalue weighted by atomic mass is 127. The molecule has 42 heavy (non-hydrogen) atoms. The molecule has 6 rings (SSSR count). The number of alkyl halides is 1. The molecule has 2 aliphatic carbocycles. The van der Waals surface area contributed by atoms with Gasteiger partial charge in [-0.1, -0.05) is 81.5 Å². The van der Waals surface area contributed by atoms with Crippen molar-refractivity contribution in [1.82, 2.24) is 4.98 Å². The molecule has 2 aliphatic heterocycles. The van der Waals surface area contributed by atoms with E-state index in [9.17, 15) is 0 Å². The standard InChI is InChI=1S/C36H50INO3S/c1-33(2,3)24-13-11-23(12-14-24)32-29-30(36(40-32)17-9-10-27(36)37)28-25(38-31(29)22-15-18-39-19-16-22)20-35(7,8)21-26(28)41-42-34(4,5)6/h11-14,22,26-27,32H,9-10,15-21H2,1-8H3/t26?,27?,32-,36?/m1/s1. The Kier molecular flexibility index (Phi) is 8.42. The van der Waals surface area contributed by atoms with E-state index in [0.717, 1.165) is 45.3 Å². The molecule has 0 amide bonds. The lowest BCUT2D eigenvalue weighted by Crippen LogP contribution is -2.36. The number of ether oxygens (including phenoxy) is 2. The van der Waals surface area contributed by atoms with E-state index in [4.69, 9.17) is 18.6 Å². The van der Waals surface area contributed by atoms with Gasteiger partial charge in [-0.25, -0.2) is 0 Å². The van der Waals surface area contributed by atoms with Gasteiger partial charge in [0.25, 0.3) is 0 Å². The van der Waals surface area contributed by atoms with Crippen LogP contribution in [0.15, 0.2) is 24.3 Å². The van der Waals surface area contributed by atoms with Crippen molar-refractivity contribution >= 4 is 34.6 Å². The highest BCUT2D eigenvalue weighted by molar-refractivity contribution is 14.1. The van der Waals surface area contributed by atoms with Crippen LogP contribution in [0.4, 0.5) is 0 Å². The molecule has 2 aromatic rings. The number of halogens is 1. The number of rotatable bonds is 4. The van der Waals surface area contributed by atoms with Crippen LogP contribution in [0.25, 0.3) is 0 Å². The Bertz CT molecular complexity index is 1300. The number of hydrogen-bond acceptors (Lipinski definition) is 5. The predicted molar refractivity (Wildman–Crippen MR) is 182 cm³/mol. The lowest BCUT2D eigenvalue weighted by molar-refractivity contribution is -0.0513. The van der Waals surface area contributed by atoms with Crippen molar-refractivity contribution in [3.8, 4) is 0 Å². The summed E-state index contributed by atoms with van der Waals surface area (Å²) in [5, 5.41) is 0. The highest BCUT2D eigenvalue weighted by Crippen LogP contribution is 2.62. The minimum absolute atomic E-state index is 0.00431. The highest BCUT2D eigenvalue weighted by Gasteiger charge is 2.57. The average molecular weight is 704 g/mol. The van der Waals surface area contributed by atoms with Crippen LogP contribution in [0, 0.1) is 5.41 Å². The van der Waals surface area contributed by atoms with Gasteiger partial charge in [-0.15, -0.1) is 0 Å². The summed E-state index contributed by atoms with van der Waals surface area (Å²) in [6, 6.07) is 9.28. The summed E-state index contributed by atoms with van der Waals surface area (Å²) >= 11 is 4.33. The molecule has 1 aromatic carbocycles. The molecule has 4 atom stereocenters. The van der Waals surface area contributed by atoms with Crippen LogP contribution in [0.2, 0.25) is 0 Å². The normalized spacial score (nSPS) is 29.6. The third-order valence-corrected chi connectivity index (χ3v) is 12.2. The van der Waals surface area contributed by atoms with E-state index in [1.54, 1.807) is 12.0 Å². The third-order valence-electron chi connectivity index (χ3n) is 9.71. The van der Waals surface area contributed by atoms with E-state index < -0.39 is 0 Å². The third kappa shape index (κ3) is 5.86. The molecule has 1 saturated carbocycles. The van der Waals surface area contributed by atoms with Crippen molar-refractivity contribution in [2.24, 2.45) is 5.41 Å². The van der Waals surface area contributed by atoms with Gasteiger partial charge in [0.15, 0.2) is 0 Å². The second-order valence-electron chi connectivity index (χ2n) is 16.0. The minimum atomic E-state index is -0.300. The van der Waals surface area contributed by atoms with Crippen LogP contribution in [-0.4, -0.2) is 26.9 Å². The second-order valence-corrected chi connectivity index (χ2v) is 19.1. The van der Waals surface area contributed by atoms with Gasteiger partial charge >= 0.3 is 0 Å². The number of pyridine rings is 1. The first-order valence-corrected chi connectivity index (χ1v) is 18.1. The van der Waals surface area contributed by atoms with E-state index >= 15 is 0 Å². The minimum Gasteiger partial charge on any atom is -0.381 e. The van der Waals surface area contributed by atoms with Crippen molar-refractivity contribution < 1.29 is 13.7 Å². The van der Waals surface area contributed by atoms with Crippen LogP contribution in [-0.2, 0) is 31.1 Å². The van der Waals surface area contributed by atoms with Crippen LogP contribution in [0.1, 0.15) is 151 Å². The van der Waals surface area contributed by atoms with E-state index in [1.165, 1.54) is 52.0 Å². The first-order valence-electron chi connectivity index (χ1n) is 16.1. The van der Waals surface area contributed by atoms with Crippen molar-refractivity contribution in [3.05, 3.63) is 63.5 Å². The largest absolute Gasteiger partial charge is 0.381 e. The number of fused-ring (bicyclic) bond motifs is 4. The smallest absolute Gasteiger partial charge is 0.111 e. The topological polar surface area (TPSA) is 40.6 Å². The molecular weight excluding hydrogens is 653 g/mol. The Morgan fingerprint density at radius 3 is 2.26 bits per heavy atom. The molecule has 3 unspecified atom stereocenters. The molecular formula is C36H50INO3S. The quantitative estimate of drug-likeness (QED) is 0.180. The summed E-state index contributed by atoms with van der Waals surface area (Å²) in [5.74, 6) is 0.398. The summed E-state index contributed by atoms with van der Waals surface area (Å²) in [4.78, 5) is 5.68. The molecule has 1 aromatic heterocycles. The van der Waals surface area contributed by atoms with Crippen molar-refractivity contribution in [3.63, 3.8) is 0 Å². The molecule has 0 N–H and O–H groups in total. The average Bonchev–Trinajstić information content (AvgIpc) is 3.46. The molecule has 4 aliphatic rings. The van der Waals surface area contributed by atoms with Gasteiger partial charge in [-0.2, -0.15) is 0 Å². The monoisotopic (exact) mass is 703 g/mol.